The maximum Gasteiger partial charge on any atom is 0.416 e. The lowest BCUT2D eigenvalue weighted by atomic mass is 10.1. The molecule has 0 saturated carbocycles. The third-order valence-corrected chi connectivity index (χ3v) is 4.85. The summed E-state index contributed by atoms with van der Waals surface area (Å²) in [4.78, 5) is 8.64. The average molecular weight is 429 g/mol. The molecular weight excluding hydrogens is 403 g/mol. The van der Waals surface area contributed by atoms with Gasteiger partial charge in [-0.2, -0.15) is 13.2 Å². The maximum atomic E-state index is 12.6. The molecule has 1 aromatic heterocycles. The minimum absolute atomic E-state index is 0.563. The zero-order valence-corrected chi connectivity index (χ0v) is 17.4. The van der Waals surface area contributed by atoms with Crippen LogP contribution in [0.4, 0.5) is 13.2 Å². The number of nitrogens with zero attached hydrogens (tertiary/aromatic N) is 3. The number of hydrogen-bond donors (Lipinski definition) is 2. The highest BCUT2D eigenvalue weighted by atomic mass is 19.4. The van der Waals surface area contributed by atoms with E-state index in [-0.39, 0.29) is 0 Å². The van der Waals surface area contributed by atoms with Crippen molar-refractivity contribution in [2.45, 2.75) is 25.6 Å². The average Bonchev–Trinajstić information content (AvgIpc) is 3.20. The van der Waals surface area contributed by atoms with Crippen molar-refractivity contribution < 1.29 is 13.2 Å². The van der Waals surface area contributed by atoms with Gasteiger partial charge in [-0.1, -0.05) is 42.5 Å². The highest BCUT2D eigenvalue weighted by Gasteiger charge is 2.29. The first kappa shape index (κ1) is 22.4. The van der Waals surface area contributed by atoms with Crippen LogP contribution < -0.4 is 10.6 Å². The molecule has 2 N–H and O–H groups in total. The van der Waals surface area contributed by atoms with Crippen LogP contribution in [0.1, 0.15) is 22.5 Å². The fourth-order valence-corrected chi connectivity index (χ4v) is 3.19. The van der Waals surface area contributed by atoms with E-state index in [1.807, 2.05) is 24.4 Å². The highest BCUT2D eigenvalue weighted by molar-refractivity contribution is 5.79. The minimum atomic E-state index is -4.31. The monoisotopic (exact) mass is 429 g/mol. The Morgan fingerprint density at radius 1 is 0.935 bits per heavy atom. The first-order valence-corrected chi connectivity index (χ1v) is 10.1. The van der Waals surface area contributed by atoms with E-state index in [9.17, 15) is 13.2 Å². The molecule has 0 fully saturated rings. The molecular formula is C23H26F3N5. The van der Waals surface area contributed by atoms with Gasteiger partial charge >= 0.3 is 6.18 Å². The summed E-state index contributed by atoms with van der Waals surface area (Å²) in [5.41, 5.74) is 1.42. The van der Waals surface area contributed by atoms with Crippen molar-refractivity contribution in [3.63, 3.8) is 0 Å². The lowest BCUT2D eigenvalue weighted by molar-refractivity contribution is -0.137. The summed E-state index contributed by atoms with van der Waals surface area (Å²) in [6, 6.07) is 15.5. The van der Waals surface area contributed by atoms with Crippen LogP contribution in [0.3, 0.4) is 0 Å². The number of halogens is 3. The van der Waals surface area contributed by atoms with E-state index in [4.69, 9.17) is 0 Å². The van der Waals surface area contributed by atoms with E-state index in [0.29, 0.717) is 25.5 Å². The van der Waals surface area contributed by atoms with Gasteiger partial charge in [0, 0.05) is 45.5 Å². The molecule has 164 valence electrons. The summed E-state index contributed by atoms with van der Waals surface area (Å²) >= 11 is 0. The predicted molar refractivity (Wildman–Crippen MR) is 116 cm³/mol. The van der Waals surface area contributed by atoms with Crippen LogP contribution in [0.5, 0.6) is 0 Å². The molecule has 0 aliphatic rings. The summed E-state index contributed by atoms with van der Waals surface area (Å²) in [5, 5.41) is 6.44. The van der Waals surface area contributed by atoms with Crippen molar-refractivity contribution in [3.05, 3.63) is 89.5 Å². The van der Waals surface area contributed by atoms with Crippen molar-refractivity contribution >= 4 is 5.96 Å². The molecule has 2 aromatic carbocycles. The number of aliphatic imine (C=N–C) groups is 1. The quantitative estimate of drug-likeness (QED) is 0.422. The zero-order chi connectivity index (χ0) is 22.1. The molecule has 0 spiro atoms. The standard InChI is InChI=1S/C23H26F3N5/c1-27-22(29-13-11-18-7-9-20(10-8-18)23(24,25)26)30-14-12-21-28-15-16-31(21)17-19-5-3-2-4-6-19/h2-10,15-16H,11-14,17H2,1H3,(H2,27,29,30). The van der Waals surface area contributed by atoms with Gasteiger partial charge in [0.2, 0.25) is 0 Å². The lowest BCUT2D eigenvalue weighted by Crippen LogP contribution is -2.39. The fourth-order valence-electron chi connectivity index (χ4n) is 3.19. The van der Waals surface area contributed by atoms with Crippen molar-refractivity contribution in [1.82, 2.24) is 20.2 Å². The van der Waals surface area contributed by atoms with Crippen LogP contribution in [0.25, 0.3) is 0 Å². The van der Waals surface area contributed by atoms with E-state index in [1.165, 1.54) is 17.7 Å². The second-order valence-corrected chi connectivity index (χ2v) is 7.08. The van der Waals surface area contributed by atoms with Crippen LogP contribution in [-0.2, 0) is 25.6 Å². The van der Waals surface area contributed by atoms with E-state index < -0.39 is 11.7 Å². The predicted octanol–water partition coefficient (Wildman–Crippen LogP) is 3.90. The van der Waals surface area contributed by atoms with Crippen LogP contribution in [-0.4, -0.2) is 35.6 Å². The van der Waals surface area contributed by atoms with Gasteiger partial charge in [-0.3, -0.25) is 4.99 Å². The van der Waals surface area contributed by atoms with Crippen LogP contribution in [0, 0.1) is 0 Å². The third-order valence-electron chi connectivity index (χ3n) is 4.85. The van der Waals surface area contributed by atoms with Gasteiger partial charge in [0.1, 0.15) is 5.82 Å². The Morgan fingerprint density at radius 3 is 2.26 bits per heavy atom. The Hall–Kier alpha value is -3.29. The largest absolute Gasteiger partial charge is 0.416 e. The summed E-state index contributed by atoms with van der Waals surface area (Å²) in [5.74, 6) is 1.63. The van der Waals surface area contributed by atoms with Crippen LogP contribution in [0.2, 0.25) is 0 Å². The number of aromatic nitrogens is 2. The molecule has 0 aliphatic carbocycles. The van der Waals surface area contributed by atoms with Gasteiger partial charge in [0.05, 0.1) is 5.56 Å². The van der Waals surface area contributed by atoms with E-state index in [0.717, 1.165) is 36.5 Å². The normalized spacial score (nSPS) is 12.1. The van der Waals surface area contributed by atoms with Gasteiger partial charge in [-0.05, 0) is 29.7 Å². The molecule has 3 rings (SSSR count). The second-order valence-electron chi connectivity index (χ2n) is 7.08. The van der Waals surface area contributed by atoms with Gasteiger partial charge in [0.25, 0.3) is 0 Å². The molecule has 0 atom stereocenters. The third kappa shape index (κ3) is 6.87. The maximum absolute atomic E-state index is 12.6. The summed E-state index contributed by atoms with van der Waals surface area (Å²) in [6.45, 7) is 2.00. The summed E-state index contributed by atoms with van der Waals surface area (Å²) < 4.78 is 40.0. The summed E-state index contributed by atoms with van der Waals surface area (Å²) in [6.07, 6.45) is 0.799. The molecule has 0 bridgehead atoms. The Balaban J connectivity index is 1.42. The number of alkyl halides is 3. The van der Waals surface area contributed by atoms with Gasteiger partial charge in [0.15, 0.2) is 5.96 Å². The fraction of sp³-hybridized carbons (Fsp3) is 0.304. The number of nitrogens with one attached hydrogen (secondary N) is 2. The zero-order valence-electron chi connectivity index (χ0n) is 17.4. The second kappa shape index (κ2) is 10.7. The van der Waals surface area contributed by atoms with Gasteiger partial charge in [-0.15, -0.1) is 0 Å². The summed E-state index contributed by atoms with van der Waals surface area (Å²) in [7, 11) is 1.68. The molecule has 0 amide bonds. The van der Waals surface area contributed by atoms with Crippen LogP contribution >= 0.6 is 0 Å². The number of benzene rings is 2. The molecule has 3 aromatic rings. The van der Waals surface area contributed by atoms with Crippen molar-refractivity contribution in [3.8, 4) is 0 Å². The minimum Gasteiger partial charge on any atom is -0.356 e. The first-order chi connectivity index (χ1) is 15.0. The SMILES string of the molecule is CN=C(NCCc1ccc(C(F)(F)F)cc1)NCCc1nccn1Cc1ccccc1. The van der Waals surface area contributed by atoms with Crippen molar-refractivity contribution in [1.29, 1.82) is 0 Å². The number of hydrogen-bond acceptors (Lipinski definition) is 2. The van der Waals surface area contributed by atoms with E-state index in [1.54, 1.807) is 13.2 Å². The highest BCUT2D eigenvalue weighted by Crippen LogP contribution is 2.29. The number of guanidine groups is 1. The first-order valence-electron chi connectivity index (χ1n) is 10.1. The molecule has 8 heteroatoms. The Kier molecular flexibility index (Phi) is 7.70. The molecule has 0 saturated heterocycles. The van der Waals surface area contributed by atoms with Gasteiger partial charge < -0.3 is 15.2 Å². The number of rotatable bonds is 8. The topological polar surface area (TPSA) is 54.2 Å². The van der Waals surface area contributed by atoms with E-state index in [2.05, 4.69) is 37.3 Å². The lowest BCUT2D eigenvalue weighted by Gasteiger charge is -2.13. The Morgan fingerprint density at radius 2 is 1.61 bits per heavy atom. The van der Waals surface area contributed by atoms with Gasteiger partial charge in [-0.25, -0.2) is 4.98 Å². The smallest absolute Gasteiger partial charge is 0.356 e. The number of imidazole rings is 1. The Bertz CT molecular complexity index is 963. The Labute approximate surface area is 180 Å². The molecule has 31 heavy (non-hydrogen) atoms. The van der Waals surface area contributed by atoms with Crippen molar-refractivity contribution in [2.75, 3.05) is 20.1 Å². The molecule has 1 heterocycles. The van der Waals surface area contributed by atoms with E-state index >= 15 is 0 Å². The van der Waals surface area contributed by atoms with Crippen LogP contribution in [0.15, 0.2) is 72.0 Å². The molecule has 0 radical (unpaired) electrons. The molecule has 5 nitrogen and oxygen atoms in total. The molecule has 0 unspecified atom stereocenters. The van der Waals surface area contributed by atoms with Crippen molar-refractivity contribution in [2.24, 2.45) is 4.99 Å². The molecule has 0 aliphatic heterocycles.